The van der Waals surface area contributed by atoms with E-state index in [4.69, 9.17) is 0 Å². The van der Waals surface area contributed by atoms with Gasteiger partial charge in [0.2, 0.25) is 0 Å². The van der Waals surface area contributed by atoms with E-state index in [-0.39, 0.29) is 0 Å². The van der Waals surface area contributed by atoms with E-state index in [1.54, 1.807) is 0 Å². The fraction of sp³-hybridized carbons (Fsp3) is 0.647. The molecule has 0 radical (unpaired) electrons. The molecule has 1 aliphatic carbocycles. The van der Waals surface area contributed by atoms with Crippen LogP contribution in [0.4, 0.5) is 0 Å². The van der Waals surface area contributed by atoms with Gasteiger partial charge in [-0.1, -0.05) is 50.1 Å². The largest absolute Gasteiger partial charge is 0.396 e. The van der Waals surface area contributed by atoms with Crippen LogP contribution in [-0.4, -0.2) is 29.2 Å². The van der Waals surface area contributed by atoms with E-state index in [0.717, 1.165) is 6.54 Å². The van der Waals surface area contributed by atoms with Gasteiger partial charge in [0.15, 0.2) is 0 Å². The molecule has 2 heteroatoms. The molecule has 0 spiro atoms. The van der Waals surface area contributed by atoms with Crippen molar-refractivity contribution in [2.24, 2.45) is 5.92 Å². The van der Waals surface area contributed by atoms with Crippen LogP contribution in [0.2, 0.25) is 0 Å². The Hall–Kier alpha value is -0.860. The maximum Gasteiger partial charge on any atom is 0.0474 e. The van der Waals surface area contributed by atoms with E-state index in [1.807, 2.05) is 0 Å². The predicted octanol–water partition coefficient (Wildman–Crippen LogP) is 3.62. The molecule has 0 saturated heterocycles. The molecule has 0 unspecified atom stereocenters. The lowest BCUT2D eigenvalue weighted by molar-refractivity contribution is 0.0441. The number of rotatable bonds is 5. The number of benzene rings is 1. The van der Waals surface area contributed by atoms with Crippen LogP contribution in [0.15, 0.2) is 30.3 Å². The molecule has 2 rings (SSSR count). The van der Waals surface area contributed by atoms with E-state index in [1.165, 1.54) is 31.2 Å². The molecule has 2 nitrogen and oxygen atoms in total. The SMILES string of the molecule is CCN([C@@H](C)c1ccccc1)[C@H]1CCCC[C@@H]1CO. The van der Waals surface area contributed by atoms with Gasteiger partial charge in [-0.05, 0) is 37.8 Å². The molecule has 0 bridgehead atoms. The normalized spacial score (nSPS) is 25.5. The quantitative estimate of drug-likeness (QED) is 0.875. The van der Waals surface area contributed by atoms with Crippen LogP contribution < -0.4 is 0 Å². The van der Waals surface area contributed by atoms with Gasteiger partial charge >= 0.3 is 0 Å². The van der Waals surface area contributed by atoms with Crippen molar-refractivity contribution in [2.45, 2.75) is 51.6 Å². The Kier molecular flexibility index (Phi) is 5.41. The number of aliphatic hydroxyl groups excluding tert-OH is 1. The minimum absolute atomic E-state index is 0.336. The van der Waals surface area contributed by atoms with Crippen LogP contribution in [0.1, 0.15) is 51.1 Å². The van der Waals surface area contributed by atoms with Gasteiger partial charge in [-0.3, -0.25) is 4.90 Å². The van der Waals surface area contributed by atoms with Gasteiger partial charge in [0.1, 0.15) is 0 Å². The van der Waals surface area contributed by atoms with Crippen LogP contribution in [0, 0.1) is 5.92 Å². The van der Waals surface area contributed by atoms with Crippen molar-refractivity contribution < 1.29 is 5.11 Å². The van der Waals surface area contributed by atoms with Gasteiger partial charge in [-0.15, -0.1) is 0 Å². The zero-order valence-electron chi connectivity index (χ0n) is 12.3. The second kappa shape index (κ2) is 7.06. The van der Waals surface area contributed by atoms with E-state index < -0.39 is 0 Å². The standard InChI is InChI=1S/C17H27NO/c1-3-18(14(2)15-9-5-4-6-10-15)17-12-8-7-11-16(17)13-19/h4-6,9-10,14,16-17,19H,3,7-8,11-13H2,1-2H3/t14-,16+,17-/m0/s1. The molecule has 1 aliphatic rings. The first-order chi connectivity index (χ1) is 9.27. The van der Waals surface area contributed by atoms with E-state index >= 15 is 0 Å². The van der Waals surface area contributed by atoms with Crippen molar-refractivity contribution in [3.63, 3.8) is 0 Å². The average Bonchev–Trinajstić information content (AvgIpc) is 2.49. The highest BCUT2D eigenvalue weighted by atomic mass is 16.3. The summed E-state index contributed by atoms with van der Waals surface area (Å²) < 4.78 is 0. The third kappa shape index (κ3) is 3.37. The van der Waals surface area contributed by atoms with Crippen molar-refractivity contribution in [3.8, 4) is 0 Å². The molecule has 1 aromatic carbocycles. The molecule has 106 valence electrons. The number of nitrogens with zero attached hydrogens (tertiary/aromatic N) is 1. The summed E-state index contributed by atoms with van der Waals surface area (Å²) in [5.74, 6) is 0.458. The predicted molar refractivity (Wildman–Crippen MR) is 80.1 cm³/mol. The molecule has 1 aromatic rings. The molecular formula is C17H27NO. The maximum atomic E-state index is 9.63. The fourth-order valence-corrected chi connectivity index (χ4v) is 3.56. The fourth-order valence-electron chi connectivity index (χ4n) is 3.56. The molecule has 3 atom stereocenters. The summed E-state index contributed by atoms with van der Waals surface area (Å²) in [5.41, 5.74) is 1.38. The highest BCUT2D eigenvalue weighted by molar-refractivity contribution is 5.18. The first-order valence-corrected chi connectivity index (χ1v) is 7.69. The second-order valence-electron chi connectivity index (χ2n) is 5.71. The van der Waals surface area contributed by atoms with Crippen molar-refractivity contribution in [3.05, 3.63) is 35.9 Å². The van der Waals surface area contributed by atoms with E-state index in [0.29, 0.717) is 24.6 Å². The number of hydrogen-bond donors (Lipinski definition) is 1. The molecule has 0 aliphatic heterocycles. The van der Waals surface area contributed by atoms with E-state index in [2.05, 4.69) is 49.1 Å². The molecule has 0 aromatic heterocycles. The highest BCUT2D eigenvalue weighted by Crippen LogP contribution is 2.33. The molecule has 0 heterocycles. The van der Waals surface area contributed by atoms with Crippen molar-refractivity contribution in [1.29, 1.82) is 0 Å². The van der Waals surface area contributed by atoms with E-state index in [9.17, 15) is 5.11 Å². The first kappa shape index (κ1) is 14.5. The van der Waals surface area contributed by atoms with Crippen molar-refractivity contribution in [1.82, 2.24) is 4.90 Å². The maximum absolute atomic E-state index is 9.63. The summed E-state index contributed by atoms with van der Waals surface area (Å²) >= 11 is 0. The molecule has 19 heavy (non-hydrogen) atoms. The summed E-state index contributed by atoms with van der Waals surface area (Å²) in [6, 6.07) is 11.7. The van der Waals surface area contributed by atoms with Gasteiger partial charge < -0.3 is 5.11 Å². The zero-order chi connectivity index (χ0) is 13.7. The van der Waals surface area contributed by atoms with Crippen LogP contribution in [0.3, 0.4) is 0 Å². The molecule has 1 N–H and O–H groups in total. The minimum Gasteiger partial charge on any atom is -0.396 e. The van der Waals surface area contributed by atoms with Crippen LogP contribution >= 0.6 is 0 Å². The summed E-state index contributed by atoms with van der Waals surface area (Å²) in [5, 5.41) is 9.63. The lowest BCUT2D eigenvalue weighted by atomic mass is 9.83. The lowest BCUT2D eigenvalue weighted by Crippen LogP contribution is -2.44. The van der Waals surface area contributed by atoms with Crippen LogP contribution in [0.5, 0.6) is 0 Å². The topological polar surface area (TPSA) is 23.5 Å². The first-order valence-electron chi connectivity index (χ1n) is 7.69. The third-order valence-electron chi connectivity index (χ3n) is 4.67. The smallest absolute Gasteiger partial charge is 0.0474 e. The van der Waals surface area contributed by atoms with Gasteiger partial charge in [0.05, 0.1) is 0 Å². The number of hydrogen-bond acceptors (Lipinski definition) is 2. The average molecular weight is 261 g/mol. The molecule has 1 fully saturated rings. The van der Waals surface area contributed by atoms with Gasteiger partial charge in [0, 0.05) is 18.7 Å². The van der Waals surface area contributed by atoms with Gasteiger partial charge in [0.25, 0.3) is 0 Å². The third-order valence-corrected chi connectivity index (χ3v) is 4.67. The van der Waals surface area contributed by atoms with Gasteiger partial charge in [-0.2, -0.15) is 0 Å². The Morgan fingerprint density at radius 2 is 1.89 bits per heavy atom. The summed E-state index contributed by atoms with van der Waals surface area (Å²) in [6.45, 7) is 5.92. The monoisotopic (exact) mass is 261 g/mol. The minimum atomic E-state index is 0.336. The lowest BCUT2D eigenvalue weighted by Gasteiger charge is -2.42. The Balaban J connectivity index is 2.14. The molecule has 1 saturated carbocycles. The Morgan fingerprint density at radius 3 is 2.53 bits per heavy atom. The van der Waals surface area contributed by atoms with Crippen LogP contribution in [-0.2, 0) is 0 Å². The van der Waals surface area contributed by atoms with Gasteiger partial charge in [-0.25, -0.2) is 0 Å². The van der Waals surface area contributed by atoms with Crippen molar-refractivity contribution >= 4 is 0 Å². The highest BCUT2D eigenvalue weighted by Gasteiger charge is 2.31. The zero-order valence-corrected chi connectivity index (χ0v) is 12.3. The molecule has 0 amide bonds. The Labute approximate surface area is 117 Å². The summed E-state index contributed by atoms with van der Waals surface area (Å²) in [7, 11) is 0. The Bertz CT molecular complexity index is 365. The second-order valence-corrected chi connectivity index (χ2v) is 5.71. The summed E-state index contributed by atoms with van der Waals surface area (Å²) in [6.07, 6.45) is 4.99. The van der Waals surface area contributed by atoms with Crippen LogP contribution in [0.25, 0.3) is 0 Å². The number of aliphatic hydroxyl groups is 1. The summed E-state index contributed by atoms with van der Waals surface area (Å²) in [4.78, 5) is 2.58. The van der Waals surface area contributed by atoms with Crippen molar-refractivity contribution in [2.75, 3.05) is 13.2 Å². The Morgan fingerprint density at radius 1 is 1.21 bits per heavy atom. The molecular weight excluding hydrogens is 234 g/mol.